The number of aryl methyl sites for hydroxylation is 2. The molecular weight excluding hydrogens is 230 g/mol. The average molecular weight is 242 g/mol. The van der Waals surface area contributed by atoms with Crippen LogP contribution in [-0.2, 0) is 0 Å². The Morgan fingerprint density at radius 3 is 2.35 bits per heavy atom. The van der Waals surface area contributed by atoms with E-state index in [0.717, 1.165) is 11.1 Å². The van der Waals surface area contributed by atoms with Gasteiger partial charge in [0.05, 0.1) is 11.6 Å². The summed E-state index contributed by atoms with van der Waals surface area (Å²) in [5, 5.41) is 9.52. The molecule has 0 heterocycles. The van der Waals surface area contributed by atoms with E-state index in [9.17, 15) is 0 Å². The van der Waals surface area contributed by atoms with Crippen molar-refractivity contribution in [2.45, 2.75) is 13.8 Å². The third kappa shape index (κ3) is 2.49. The predicted molar refractivity (Wildman–Crippen MR) is 71.1 cm³/mol. The summed E-state index contributed by atoms with van der Waals surface area (Å²) >= 11 is 6.00. The van der Waals surface area contributed by atoms with Gasteiger partial charge in [0.2, 0.25) is 0 Å². The highest BCUT2D eigenvalue weighted by atomic mass is 35.5. The van der Waals surface area contributed by atoms with Crippen molar-refractivity contribution < 1.29 is 0 Å². The molecule has 2 rings (SSSR count). The molecule has 17 heavy (non-hydrogen) atoms. The molecule has 0 amide bonds. The van der Waals surface area contributed by atoms with E-state index in [2.05, 4.69) is 38.1 Å². The van der Waals surface area contributed by atoms with Crippen molar-refractivity contribution in [2.24, 2.45) is 0 Å². The number of hydrogen-bond donors (Lipinski definition) is 0. The molecule has 84 valence electrons. The van der Waals surface area contributed by atoms with Crippen LogP contribution in [0.3, 0.4) is 0 Å². The second kappa shape index (κ2) is 4.61. The minimum Gasteiger partial charge on any atom is -0.192 e. The Kier molecular flexibility index (Phi) is 3.17. The maximum Gasteiger partial charge on any atom is 0.0992 e. The molecule has 0 aliphatic carbocycles. The lowest BCUT2D eigenvalue weighted by Gasteiger charge is -2.06. The van der Waals surface area contributed by atoms with E-state index in [-0.39, 0.29) is 0 Å². The summed E-state index contributed by atoms with van der Waals surface area (Å²) < 4.78 is 0. The third-order valence-corrected chi connectivity index (χ3v) is 3.09. The molecule has 2 aromatic rings. The zero-order valence-corrected chi connectivity index (χ0v) is 10.5. The first-order valence-electron chi connectivity index (χ1n) is 5.38. The van der Waals surface area contributed by atoms with Gasteiger partial charge in [-0.25, -0.2) is 0 Å². The molecule has 0 aliphatic rings. The summed E-state index contributed by atoms with van der Waals surface area (Å²) in [6.07, 6.45) is 0. The van der Waals surface area contributed by atoms with Crippen molar-refractivity contribution in [2.75, 3.05) is 0 Å². The van der Waals surface area contributed by atoms with Crippen LogP contribution in [0.4, 0.5) is 0 Å². The van der Waals surface area contributed by atoms with Crippen molar-refractivity contribution in [1.82, 2.24) is 0 Å². The summed E-state index contributed by atoms with van der Waals surface area (Å²) in [6.45, 7) is 4.16. The van der Waals surface area contributed by atoms with Gasteiger partial charge in [-0.2, -0.15) is 5.26 Å². The molecule has 0 spiro atoms. The van der Waals surface area contributed by atoms with Gasteiger partial charge in [0.1, 0.15) is 0 Å². The smallest absolute Gasteiger partial charge is 0.0992 e. The highest BCUT2D eigenvalue weighted by molar-refractivity contribution is 6.31. The molecule has 0 unspecified atom stereocenters. The molecule has 0 radical (unpaired) electrons. The van der Waals surface area contributed by atoms with Crippen LogP contribution in [0.25, 0.3) is 11.1 Å². The van der Waals surface area contributed by atoms with Gasteiger partial charge >= 0.3 is 0 Å². The quantitative estimate of drug-likeness (QED) is 0.721. The largest absolute Gasteiger partial charge is 0.192 e. The lowest BCUT2D eigenvalue weighted by atomic mass is 9.99. The van der Waals surface area contributed by atoms with Gasteiger partial charge in [-0.05, 0) is 54.3 Å². The molecule has 0 saturated heterocycles. The van der Waals surface area contributed by atoms with Crippen LogP contribution in [0.2, 0.25) is 5.02 Å². The van der Waals surface area contributed by atoms with Crippen LogP contribution in [0.5, 0.6) is 0 Å². The fourth-order valence-electron chi connectivity index (χ4n) is 1.74. The first-order chi connectivity index (χ1) is 8.10. The molecule has 0 atom stereocenters. The summed E-state index contributed by atoms with van der Waals surface area (Å²) in [6, 6.07) is 13.8. The van der Waals surface area contributed by atoms with E-state index in [1.165, 1.54) is 11.1 Å². The second-order valence-corrected chi connectivity index (χ2v) is 4.58. The van der Waals surface area contributed by atoms with Gasteiger partial charge < -0.3 is 0 Å². The van der Waals surface area contributed by atoms with Crippen LogP contribution in [0, 0.1) is 25.2 Å². The molecule has 2 aromatic carbocycles. The Morgan fingerprint density at radius 1 is 0.941 bits per heavy atom. The van der Waals surface area contributed by atoms with E-state index in [4.69, 9.17) is 16.9 Å². The monoisotopic (exact) mass is 241 g/mol. The van der Waals surface area contributed by atoms with E-state index in [1.54, 1.807) is 6.07 Å². The molecule has 0 N–H and O–H groups in total. The number of rotatable bonds is 1. The Labute approximate surface area is 106 Å². The zero-order valence-electron chi connectivity index (χ0n) is 9.79. The zero-order chi connectivity index (χ0) is 12.4. The first kappa shape index (κ1) is 11.7. The Bertz CT molecular complexity index is 609. The Balaban J connectivity index is 2.56. The lowest BCUT2D eigenvalue weighted by molar-refractivity contribution is 1.34. The van der Waals surface area contributed by atoms with E-state index in [0.29, 0.717) is 10.6 Å². The van der Waals surface area contributed by atoms with Gasteiger partial charge in [-0.15, -0.1) is 0 Å². The van der Waals surface area contributed by atoms with Crippen molar-refractivity contribution >= 4 is 11.6 Å². The van der Waals surface area contributed by atoms with Crippen LogP contribution < -0.4 is 0 Å². The van der Waals surface area contributed by atoms with Crippen molar-refractivity contribution in [3.63, 3.8) is 0 Å². The fraction of sp³-hybridized carbons (Fsp3) is 0.133. The number of hydrogen-bond acceptors (Lipinski definition) is 1. The van der Waals surface area contributed by atoms with Crippen LogP contribution in [0.15, 0.2) is 36.4 Å². The molecular formula is C15H12ClN. The minimum absolute atomic E-state index is 0.589. The van der Waals surface area contributed by atoms with Gasteiger partial charge in [-0.3, -0.25) is 0 Å². The molecule has 0 saturated carbocycles. The highest BCUT2D eigenvalue weighted by Gasteiger charge is 2.03. The molecule has 0 aliphatic heterocycles. The lowest BCUT2D eigenvalue weighted by Crippen LogP contribution is -1.85. The SMILES string of the molecule is Cc1ccc(-c2cc(Cl)cc(C#N)c2)cc1C. The molecule has 2 heteroatoms. The van der Waals surface area contributed by atoms with Crippen molar-refractivity contribution in [1.29, 1.82) is 5.26 Å². The van der Waals surface area contributed by atoms with Crippen LogP contribution in [0.1, 0.15) is 16.7 Å². The van der Waals surface area contributed by atoms with Crippen LogP contribution >= 0.6 is 11.6 Å². The Morgan fingerprint density at radius 2 is 1.71 bits per heavy atom. The predicted octanol–water partition coefficient (Wildman–Crippen LogP) is 4.50. The van der Waals surface area contributed by atoms with Gasteiger partial charge in [0, 0.05) is 5.02 Å². The number of halogens is 1. The van der Waals surface area contributed by atoms with Crippen molar-refractivity contribution in [3.8, 4) is 17.2 Å². The maximum atomic E-state index is 8.92. The summed E-state index contributed by atoms with van der Waals surface area (Å²) in [4.78, 5) is 0. The normalized spacial score (nSPS) is 10.0. The van der Waals surface area contributed by atoms with Crippen molar-refractivity contribution in [3.05, 3.63) is 58.1 Å². The molecule has 1 nitrogen and oxygen atoms in total. The topological polar surface area (TPSA) is 23.8 Å². The molecule has 0 bridgehead atoms. The summed E-state index contributed by atoms with van der Waals surface area (Å²) in [5.74, 6) is 0. The third-order valence-electron chi connectivity index (χ3n) is 2.87. The van der Waals surface area contributed by atoms with Gasteiger partial charge in [-0.1, -0.05) is 29.8 Å². The van der Waals surface area contributed by atoms with Crippen LogP contribution in [-0.4, -0.2) is 0 Å². The van der Waals surface area contributed by atoms with E-state index < -0.39 is 0 Å². The fourth-order valence-corrected chi connectivity index (χ4v) is 1.98. The minimum atomic E-state index is 0.589. The molecule has 0 fully saturated rings. The van der Waals surface area contributed by atoms with Gasteiger partial charge in [0.25, 0.3) is 0 Å². The first-order valence-corrected chi connectivity index (χ1v) is 5.76. The number of nitriles is 1. The second-order valence-electron chi connectivity index (χ2n) is 4.14. The number of nitrogens with zero attached hydrogens (tertiary/aromatic N) is 1. The standard InChI is InChI=1S/C15H12ClN/c1-10-3-4-13(5-11(10)2)14-6-12(9-17)7-15(16)8-14/h3-8H,1-2H3. The van der Waals surface area contributed by atoms with Gasteiger partial charge in [0.15, 0.2) is 0 Å². The highest BCUT2D eigenvalue weighted by Crippen LogP contribution is 2.26. The summed E-state index contributed by atoms with van der Waals surface area (Å²) in [5.41, 5.74) is 5.16. The number of benzene rings is 2. The average Bonchev–Trinajstić information content (AvgIpc) is 2.32. The van der Waals surface area contributed by atoms with E-state index in [1.807, 2.05) is 12.1 Å². The maximum absolute atomic E-state index is 8.92. The Hall–Kier alpha value is -1.78. The van der Waals surface area contributed by atoms with E-state index >= 15 is 0 Å². The molecule has 0 aromatic heterocycles. The summed E-state index contributed by atoms with van der Waals surface area (Å²) in [7, 11) is 0.